The highest BCUT2D eigenvalue weighted by Crippen LogP contribution is 2.22. The summed E-state index contributed by atoms with van der Waals surface area (Å²) in [6, 6.07) is 2.17. The minimum absolute atomic E-state index is 0.0367. The second kappa shape index (κ2) is 23.3. The molecule has 1 aromatic rings. The van der Waals surface area contributed by atoms with Gasteiger partial charge in [-0.1, -0.05) is 31.7 Å². The van der Waals surface area contributed by atoms with Crippen LogP contribution < -0.4 is 44.2 Å². The Kier molecular flexibility index (Phi) is 20.1. The number of benzene rings is 1. The van der Waals surface area contributed by atoms with Crippen molar-refractivity contribution in [3.05, 3.63) is 23.8 Å². The van der Waals surface area contributed by atoms with Gasteiger partial charge in [-0.25, -0.2) is 0 Å². The summed E-state index contributed by atoms with van der Waals surface area (Å²) in [7, 11) is 0. The molecule has 0 fully saturated rings. The van der Waals surface area contributed by atoms with Crippen LogP contribution in [0.1, 0.15) is 76.2 Å². The van der Waals surface area contributed by atoms with Crippen molar-refractivity contribution in [2.45, 2.75) is 89.1 Å². The molecule has 4 amide bonds. The van der Waals surface area contributed by atoms with E-state index in [-0.39, 0.29) is 41.8 Å². The number of guanidine groups is 1. The zero-order valence-corrected chi connectivity index (χ0v) is 26.2. The Labute approximate surface area is 265 Å². The third-order valence-electron chi connectivity index (χ3n) is 6.94. The molecule has 0 aromatic heterocycles. The first-order valence-corrected chi connectivity index (χ1v) is 15.6. The number of primary amides is 1. The van der Waals surface area contributed by atoms with Crippen molar-refractivity contribution in [3.8, 4) is 11.5 Å². The molecule has 1 aromatic carbocycles. The van der Waals surface area contributed by atoms with Crippen LogP contribution in [0, 0.1) is 0 Å². The van der Waals surface area contributed by atoms with E-state index in [0.29, 0.717) is 32.5 Å². The molecule has 0 saturated heterocycles. The van der Waals surface area contributed by atoms with Crippen LogP contribution in [0.25, 0.3) is 0 Å². The summed E-state index contributed by atoms with van der Waals surface area (Å²) in [6.45, 7) is 3.19. The lowest BCUT2D eigenvalue weighted by Gasteiger charge is -2.17. The molecule has 0 aliphatic carbocycles. The highest BCUT2D eigenvalue weighted by atomic mass is 16.3. The highest BCUT2D eigenvalue weighted by Gasteiger charge is 2.23. The van der Waals surface area contributed by atoms with Crippen molar-refractivity contribution < 1.29 is 29.4 Å². The Hall–Kier alpha value is -4.11. The smallest absolute Gasteiger partial charge is 0.243 e. The molecule has 0 aliphatic rings. The first-order chi connectivity index (χ1) is 21.5. The van der Waals surface area contributed by atoms with E-state index >= 15 is 0 Å². The van der Waals surface area contributed by atoms with E-state index in [1.165, 1.54) is 12.1 Å². The van der Waals surface area contributed by atoms with Crippen LogP contribution in [0.15, 0.2) is 23.2 Å². The van der Waals surface area contributed by atoms with Gasteiger partial charge in [0.1, 0.15) is 17.5 Å². The molecule has 1 rings (SSSR count). The maximum absolute atomic E-state index is 12.5. The molecule has 0 saturated carbocycles. The molecule has 45 heavy (non-hydrogen) atoms. The molecule has 0 bridgehead atoms. The summed E-state index contributed by atoms with van der Waals surface area (Å²) in [5, 5.41) is 30.7. The van der Waals surface area contributed by atoms with Crippen molar-refractivity contribution >= 4 is 29.6 Å². The predicted molar refractivity (Wildman–Crippen MR) is 173 cm³/mol. The number of carbonyl (C=O) groups is 4. The Morgan fingerprint density at radius 3 is 1.98 bits per heavy atom. The van der Waals surface area contributed by atoms with E-state index in [0.717, 1.165) is 70.5 Å². The van der Waals surface area contributed by atoms with E-state index < -0.39 is 29.8 Å². The number of nitrogens with two attached hydrogens (primary N) is 4. The van der Waals surface area contributed by atoms with Crippen LogP contribution in [0.4, 0.5) is 0 Å². The lowest BCUT2D eigenvalue weighted by molar-refractivity contribution is -0.131. The number of amides is 4. The summed E-state index contributed by atoms with van der Waals surface area (Å²) >= 11 is 0. The molecule has 14 N–H and O–H groups in total. The first kappa shape index (κ1) is 38.9. The first-order valence-electron chi connectivity index (χ1n) is 15.6. The molecule has 0 spiro atoms. The van der Waals surface area contributed by atoms with Crippen molar-refractivity contribution in [2.24, 2.45) is 27.9 Å². The number of phenols is 2. The zero-order valence-electron chi connectivity index (χ0n) is 26.2. The van der Waals surface area contributed by atoms with Gasteiger partial charge < -0.3 is 54.4 Å². The fraction of sp³-hybridized carbons (Fsp3) is 0.633. The molecule has 2 atom stereocenters. The second-order valence-corrected chi connectivity index (χ2v) is 11.0. The van der Waals surface area contributed by atoms with Crippen molar-refractivity contribution in [3.63, 3.8) is 0 Å². The Morgan fingerprint density at radius 2 is 1.36 bits per heavy atom. The standard InChI is InChI=1S/C30H53N9O6/c31-23(10-9-17-38-30(33)34)28(44)36-15-6-4-2-1-3-5-13-35-14-7-8-16-37-29(45)24(20-26(32)42)39-27(43)18-21-11-12-22(40)19-25(21)41/h11-12,19,23-24,35,40-41H,1-10,13-18,20,31H2,(H2,32,42)(H,36,44)(H,37,45)(H,39,43)(H4,33,34,38)/t23-,24-/m0/s1. The van der Waals surface area contributed by atoms with E-state index in [1.54, 1.807) is 0 Å². The van der Waals surface area contributed by atoms with Gasteiger partial charge in [0.25, 0.3) is 0 Å². The second-order valence-electron chi connectivity index (χ2n) is 11.0. The molecule has 254 valence electrons. The van der Waals surface area contributed by atoms with Gasteiger partial charge in [-0.15, -0.1) is 0 Å². The third kappa shape index (κ3) is 19.7. The fourth-order valence-electron chi connectivity index (χ4n) is 4.44. The van der Waals surface area contributed by atoms with Gasteiger partial charge in [0.05, 0.1) is 18.9 Å². The number of hydrogen-bond donors (Lipinski definition) is 10. The van der Waals surface area contributed by atoms with E-state index in [1.807, 2.05) is 0 Å². The summed E-state index contributed by atoms with van der Waals surface area (Å²) in [4.78, 5) is 52.2. The number of nitrogens with one attached hydrogen (secondary N) is 4. The predicted octanol–water partition coefficient (Wildman–Crippen LogP) is -0.676. The van der Waals surface area contributed by atoms with Crippen molar-refractivity contribution in [1.82, 2.24) is 21.3 Å². The Balaban J connectivity index is 2.05. The Morgan fingerprint density at radius 1 is 0.778 bits per heavy atom. The van der Waals surface area contributed by atoms with Crippen LogP contribution in [0.2, 0.25) is 0 Å². The van der Waals surface area contributed by atoms with Crippen molar-refractivity contribution in [2.75, 3.05) is 32.7 Å². The number of aromatic hydroxyl groups is 2. The van der Waals surface area contributed by atoms with E-state index in [9.17, 15) is 29.4 Å². The van der Waals surface area contributed by atoms with E-state index in [4.69, 9.17) is 22.9 Å². The normalized spacial score (nSPS) is 12.1. The van der Waals surface area contributed by atoms with Gasteiger partial charge >= 0.3 is 0 Å². The molecule has 15 heteroatoms. The molecule has 0 unspecified atom stereocenters. The van der Waals surface area contributed by atoms with Gasteiger partial charge in [0.15, 0.2) is 5.96 Å². The topological polar surface area (TPSA) is 273 Å². The van der Waals surface area contributed by atoms with Gasteiger partial charge in [-0.2, -0.15) is 0 Å². The molecule has 0 heterocycles. The lowest BCUT2D eigenvalue weighted by atomic mass is 10.1. The van der Waals surface area contributed by atoms with E-state index in [2.05, 4.69) is 26.3 Å². The number of nitrogens with zero attached hydrogens (tertiary/aromatic N) is 1. The quantitative estimate of drug-likeness (QED) is 0.0367. The number of unbranched alkanes of at least 4 members (excludes halogenated alkanes) is 6. The number of carbonyl (C=O) groups excluding carboxylic acids is 4. The van der Waals surface area contributed by atoms with Gasteiger partial charge in [0, 0.05) is 31.3 Å². The summed E-state index contributed by atoms with van der Waals surface area (Å²) in [6.07, 6.45) is 8.56. The minimum Gasteiger partial charge on any atom is -0.508 e. The van der Waals surface area contributed by atoms with Crippen LogP contribution >= 0.6 is 0 Å². The fourth-order valence-corrected chi connectivity index (χ4v) is 4.44. The molecule has 0 aliphatic heterocycles. The summed E-state index contributed by atoms with van der Waals surface area (Å²) in [5.41, 5.74) is 21.9. The largest absolute Gasteiger partial charge is 0.508 e. The highest BCUT2D eigenvalue weighted by molar-refractivity contribution is 5.92. The zero-order chi connectivity index (χ0) is 33.5. The molecular weight excluding hydrogens is 582 g/mol. The molecule has 0 radical (unpaired) electrons. The van der Waals surface area contributed by atoms with Crippen LogP contribution in [0.5, 0.6) is 11.5 Å². The van der Waals surface area contributed by atoms with Gasteiger partial charge in [0.2, 0.25) is 23.6 Å². The monoisotopic (exact) mass is 635 g/mol. The number of phenolic OH excluding ortho intramolecular Hbond substituents is 2. The van der Waals surface area contributed by atoms with Crippen LogP contribution in [0.3, 0.4) is 0 Å². The van der Waals surface area contributed by atoms with Crippen LogP contribution in [-0.2, 0) is 25.6 Å². The summed E-state index contributed by atoms with van der Waals surface area (Å²) in [5.74, 6) is -2.31. The average Bonchev–Trinajstić information content (AvgIpc) is 2.97. The van der Waals surface area contributed by atoms with Gasteiger partial charge in [-0.05, 0) is 57.7 Å². The maximum Gasteiger partial charge on any atom is 0.243 e. The summed E-state index contributed by atoms with van der Waals surface area (Å²) < 4.78 is 0. The number of hydrogen-bond acceptors (Lipinski definition) is 9. The van der Waals surface area contributed by atoms with Crippen molar-refractivity contribution in [1.29, 1.82) is 0 Å². The average molecular weight is 636 g/mol. The van der Waals surface area contributed by atoms with Gasteiger partial charge in [-0.3, -0.25) is 24.2 Å². The number of aliphatic imine (C=N–C) groups is 1. The maximum atomic E-state index is 12.5. The Bertz CT molecular complexity index is 1080. The van der Waals surface area contributed by atoms with Crippen LogP contribution in [-0.4, -0.2) is 84.6 Å². The third-order valence-corrected chi connectivity index (χ3v) is 6.94. The lowest BCUT2D eigenvalue weighted by Crippen LogP contribution is -2.49. The minimum atomic E-state index is -1.12. The molecule has 15 nitrogen and oxygen atoms in total. The molecular formula is C30H53N9O6. The number of rotatable bonds is 25. The SMILES string of the molecule is NC(=O)C[C@H](NC(=O)Cc1ccc(O)cc1O)C(=O)NCCCCNCCCCCCCCNC(=O)[C@@H](N)CCCN=C(N)N.